The van der Waals surface area contributed by atoms with Crippen LogP contribution in [0.5, 0.6) is 0 Å². The predicted octanol–water partition coefficient (Wildman–Crippen LogP) is 1.62. The van der Waals surface area contributed by atoms with Gasteiger partial charge in [-0.2, -0.15) is 5.10 Å². The first-order valence-corrected chi connectivity index (χ1v) is 5.02. The average Bonchev–Trinajstić information content (AvgIpc) is 2.82. The molecular weight excluding hydrogens is 202 g/mol. The molecule has 3 rings (SSSR count). The maximum atomic E-state index is 5.88. The highest BCUT2D eigenvalue weighted by atomic mass is 15.5. The van der Waals surface area contributed by atoms with Gasteiger partial charge in [0.1, 0.15) is 5.69 Å². The molecule has 0 radical (unpaired) electrons. The van der Waals surface area contributed by atoms with Gasteiger partial charge in [-0.3, -0.25) is 0 Å². The summed E-state index contributed by atoms with van der Waals surface area (Å²) in [4.78, 5) is 3.17. The number of nitrogens with zero attached hydrogens (tertiary/aromatic N) is 3. The lowest BCUT2D eigenvalue weighted by molar-refractivity contribution is 0.810. The molecule has 0 spiro atoms. The van der Waals surface area contributed by atoms with Gasteiger partial charge < -0.3 is 10.7 Å². The fourth-order valence-corrected chi connectivity index (χ4v) is 1.67. The Morgan fingerprint density at radius 1 is 1.19 bits per heavy atom. The van der Waals surface area contributed by atoms with Crippen LogP contribution in [0, 0.1) is 6.92 Å². The van der Waals surface area contributed by atoms with E-state index in [0.29, 0.717) is 5.69 Å². The molecule has 5 nitrogen and oxygen atoms in total. The number of nitrogens with two attached hydrogens (primary N) is 1. The number of hydrogen-bond donors (Lipinski definition) is 2. The number of H-pyrrole nitrogens is 1. The topological polar surface area (TPSA) is 72.0 Å². The number of rotatable bonds is 1. The van der Waals surface area contributed by atoms with Gasteiger partial charge in [-0.25, -0.2) is 0 Å². The molecule has 2 heterocycles. The van der Waals surface area contributed by atoms with Gasteiger partial charge in [-0.05, 0) is 6.92 Å². The molecule has 0 fully saturated rings. The maximum absolute atomic E-state index is 5.88. The van der Waals surface area contributed by atoms with Crippen molar-refractivity contribution >= 4 is 11.3 Å². The van der Waals surface area contributed by atoms with Crippen LogP contribution in [-0.2, 0) is 0 Å². The van der Waals surface area contributed by atoms with Gasteiger partial charge in [0.25, 0.3) is 0 Å². The van der Waals surface area contributed by atoms with E-state index in [-0.39, 0.29) is 0 Å². The largest absolute Gasteiger partial charge is 0.394 e. The van der Waals surface area contributed by atoms with E-state index < -0.39 is 0 Å². The molecule has 0 bridgehead atoms. The maximum Gasteiger partial charge on any atom is 0.179 e. The number of aryl methyl sites for hydroxylation is 1. The Hall–Kier alpha value is -2.30. The molecule has 0 amide bonds. The molecule has 16 heavy (non-hydrogen) atoms. The number of nitrogen functional groups attached to an aromatic ring is 1. The van der Waals surface area contributed by atoms with Gasteiger partial charge >= 0.3 is 0 Å². The molecule has 80 valence electrons. The van der Waals surface area contributed by atoms with Crippen molar-refractivity contribution in [1.82, 2.24) is 19.8 Å². The van der Waals surface area contributed by atoms with Gasteiger partial charge in [0.15, 0.2) is 11.5 Å². The Bertz CT molecular complexity index is 635. The van der Waals surface area contributed by atoms with Gasteiger partial charge in [-0.15, -0.1) is 9.73 Å². The van der Waals surface area contributed by atoms with Gasteiger partial charge in [-0.1, -0.05) is 30.3 Å². The van der Waals surface area contributed by atoms with Crippen LogP contribution in [0.4, 0.5) is 5.69 Å². The molecule has 3 aromatic rings. The highest BCUT2D eigenvalue weighted by molar-refractivity contribution is 5.70. The number of hydrogen-bond acceptors (Lipinski definition) is 3. The van der Waals surface area contributed by atoms with E-state index in [1.165, 1.54) is 4.63 Å². The minimum atomic E-state index is 0.648. The molecular formula is C11H11N5. The van der Waals surface area contributed by atoms with Crippen molar-refractivity contribution in [2.24, 2.45) is 0 Å². The van der Waals surface area contributed by atoms with E-state index in [4.69, 9.17) is 5.73 Å². The van der Waals surface area contributed by atoms with Crippen LogP contribution >= 0.6 is 0 Å². The molecule has 0 unspecified atom stereocenters. The van der Waals surface area contributed by atoms with Crippen LogP contribution in [-0.4, -0.2) is 19.8 Å². The molecule has 0 atom stereocenters. The Balaban J connectivity index is 2.20. The molecule has 1 aromatic carbocycles. The number of benzene rings is 1. The molecule has 0 saturated heterocycles. The first-order chi connectivity index (χ1) is 7.75. The third-order valence-electron chi connectivity index (χ3n) is 2.57. The summed E-state index contributed by atoms with van der Waals surface area (Å²) in [5.74, 6) is 0.773. The third-order valence-corrected chi connectivity index (χ3v) is 2.57. The summed E-state index contributed by atoms with van der Waals surface area (Å²) in [6.45, 7) is 1.86. The Morgan fingerprint density at radius 3 is 2.62 bits per heavy atom. The molecule has 0 aliphatic rings. The summed E-state index contributed by atoms with van der Waals surface area (Å²) >= 11 is 0. The van der Waals surface area contributed by atoms with E-state index in [1.54, 1.807) is 0 Å². The normalized spacial score (nSPS) is 11.1. The first kappa shape index (κ1) is 8.96. The summed E-state index contributed by atoms with van der Waals surface area (Å²) in [7, 11) is 0. The lowest BCUT2D eigenvalue weighted by Crippen LogP contribution is -1.88. The SMILES string of the molecule is Cc1nn2nc(-c3ccccc3)[nH]c2c1N. The quantitative estimate of drug-likeness (QED) is 0.645. The Kier molecular flexibility index (Phi) is 1.73. The van der Waals surface area contributed by atoms with E-state index in [9.17, 15) is 0 Å². The van der Waals surface area contributed by atoms with E-state index in [2.05, 4.69) is 15.2 Å². The van der Waals surface area contributed by atoms with Crippen molar-refractivity contribution in [2.75, 3.05) is 5.73 Å². The second-order valence-corrected chi connectivity index (χ2v) is 3.68. The highest BCUT2D eigenvalue weighted by Crippen LogP contribution is 2.20. The fourth-order valence-electron chi connectivity index (χ4n) is 1.67. The monoisotopic (exact) mass is 213 g/mol. The van der Waals surface area contributed by atoms with E-state index in [0.717, 1.165) is 22.7 Å². The third kappa shape index (κ3) is 1.18. The van der Waals surface area contributed by atoms with Crippen molar-refractivity contribution in [1.29, 1.82) is 0 Å². The molecule has 2 aromatic heterocycles. The zero-order valence-corrected chi connectivity index (χ0v) is 8.81. The molecule has 0 saturated carbocycles. The lowest BCUT2D eigenvalue weighted by atomic mass is 10.2. The predicted molar refractivity (Wildman–Crippen MR) is 61.9 cm³/mol. The van der Waals surface area contributed by atoms with Crippen LogP contribution in [0.2, 0.25) is 0 Å². The van der Waals surface area contributed by atoms with Crippen LogP contribution in [0.1, 0.15) is 5.69 Å². The summed E-state index contributed by atoms with van der Waals surface area (Å²) < 4.78 is 1.53. The van der Waals surface area contributed by atoms with Crippen LogP contribution < -0.4 is 5.73 Å². The molecule has 0 aliphatic carbocycles. The van der Waals surface area contributed by atoms with Crippen LogP contribution in [0.15, 0.2) is 30.3 Å². The van der Waals surface area contributed by atoms with Gasteiger partial charge in [0.05, 0.1) is 5.69 Å². The smallest absolute Gasteiger partial charge is 0.179 e. The van der Waals surface area contributed by atoms with E-state index >= 15 is 0 Å². The Labute approximate surface area is 91.9 Å². The highest BCUT2D eigenvalue weighted by Gasteiger charge is 2.11. The molecule has 0 aliphatic heterocycles. The summed E-state index contributed by atoms with van der Waals surface area (Å²) in [5.41, 5.74) is 9.08. The minimum Gasteiger partial charge on any atom is -0.394 e. The summed E-state index contributed by atoms with van der Waals surface area (Å²) in [6, 6.07) is 9.88. The lowest BCUT2D eigenvalue weighted by Gasteiger charge is -1.93. The van der Waals surface area contributed by atoms with Gasteiger partial charge in [0, 0.05) is 5.56 Å². The number of anilines is 1. The number of nitrogens with one attached hydrogen (secondary N) is 1. The number of fused-ring (bicyclic) bond motifs is 1. The zero-order chi connectivity index (χ0) is 11.1. The zero-order valence-electron chi connectivity index (χ0n) is 8.81. The van der Waals surface area contributed by atoms with Crippen molar-refractivity contribution in [3.8, 4) is 11.4 Å². The second kappa shape index (κ2) is 3.10. The number of aromatic nitrogens is 4. The van der Waals surface area contributed by atoms with Gasteiger partial charge in [0.2, 0.25) is 0 Å². The molecule has 3 N–H and O–H groups in total. The van der Waals surface area contributed by atoms with E-state index in [1.807, 2.05) is 37.3 Å². The van der Waals surface area contributed by atoms with Crippen molar-refractivity contribution in [3.05, 3.63) is 36.0 Å². The fraction of sp³-hybridized carbons (Fsp3) is 0.0909. The minimum absolute atomic E-state index is 0.648. The van der Waals surface area contributed by atoms with Crippen molar-refractivity contribution in [2.45, 2.75) is 6.92 Å². The van der Waals surface area contributed by atoms with Crippen LogP contribution in [0.25, 0.3) is 17.0 Å². The average molecular weight is 213 g/mol. The first-order valence-electron chi connectivity index (χ1n) is 5.02. The standard InChI is InChI=1S/C11H11N5/c1-7-9(12)11-13-10(15-16(11)14-7)8-5-3-2-4-6-8/h2-6H,12H2,1H3,(H,13,15). The van der Waals surface area contributed by atoms with Crippen molar-refractivity contribution in [3.63, 3.8) is 0 Å². The van der Waals surface area contributed by atoms with Crippen molar-refractivity contribution < 1.29 is 0 Å². The molecule has 5 heteroatoms. The van der Waals surface area contributed by atoms with Crippen LogP contribution in [0.3, 0.4) is 0 Å². The summed E-state index contributed by atoms with van der Waals surface area (Å²) in [5, 5.41) is 8.54. The summed E-state index contributed by atoms with van der Waals surface area (Å²) in [6.07, 6.45) is 0. The second-order valence-electron chi connectivity index (χ2n) is 3.68. The Morgan fingerprint density at radius 2 is 1.94 bits per heavy atom. The number of aromatic amines is 1.